The normalized spacial score (nSPS) is 20.1. The lowest BCUT2D eigenvalue weighted by atomic mass is 9.88. The third kappa shape index (κ3) is 5.52. The highest BCUT2D eigenvalue weighted by Gasteiger charge is 2.24. The number of amides is 1. The van der Waals surface area contributed by atoms with Crippen LogP contribution in [-0.2, 0) is 14.8 Å². The summed E-state index contributed by atoms with van der Waals surface area (Å²) in [6.07, 6.45) is 5.49. The van der Waals surface area contributed by atoms with Crippen LogP contribution in [0.4, 0.5) is 5.69 Å². The van der Waals surface area contributed by atoms with E-state index in [2.05, 4.69) is 32.5 Å². The fourth-order valence-electron chi connectivity index (χ4n) is 3.23. The topological polar surface area (TPSA) is 119 Å². The number of rotatable bonds is 7. The van der Waals surface area contributed by atoms with Crippen LogP contribution in [0.5, 0.6) is 0 Å². The van der Waals surface area contributed by atoms with Gasteiger partial charge >= 0.3 is 0 Å². The molecule has 0 bridgehead atoms. The summed E-state index contributed by atoms with van der Waals surface area (Å²) in [5.74, 6) is -0.566. The predicted molar refractivity (Wildman–Crippen MR) is 108 cm³/mol. The van der Waals surface area contributed by atoms with Gasteiger partial charge in [-0.05, 0) is 66.5 Å². The number of aromatic nitrogens is 4. The number of carbonyl (C=O) groups is 1. The maximum atomic E-state index is 12.3. The van der Waals surface area contributed by atoms with Crippen molar-refractivity contribution in [3.05, 3.63) is 24.3 Å². The van der Waals surface area contributed by atoms with E-state index in [-0.39, 0.29) is 6.04 Å². The summed E-state index contributed by atoms with van der Waals surface area (Å²) in [5, 5.41) is 14.7. The van der Waals surface area contributed by atoms with Crippen molar-refractivity contribution in [2.45, 2.75) is 43.8 Å². The van der Waals surface area contributed by atoms with E-state index in [1.165, 1.54) is 11.8 Å². The first-order chi connectivity index (χ1) is 13.4. The zero-order valence-corrected chi connectivity index (χ0v) is 17.5. The van der Waals surface area contributed by atoms with Gasteiger partial charge in [-0.1, -0.05) is 24.8 Å². The molecule has 3 rings (SSSR count). The van der Waals surface area contributed by atoms with Gasteiger partial charge in [0.2, 0.25) is 21.1 Å². The van der Waals surface area contributed by atoms with Crippen molar-refractivity contribution < 1.29 is 13.2 Å². The van der Waals surface area contributed by atoms with Crippen molar-refractivity contribution >= 4 is 33.4 Å². The van der Waals surface area contributed by atoms with Crippen molar-refractivity contribution in [3.63, 3.8) is 0 Å². The first-order valence-corrected chi connectivity index (χ1v) is 12.0. The van der Waals surface area contributed by atoms with Crippen LogP contribution in [0.25, 0.3) is 5.69 Å². The maximum Gasteiger partial charge on any atom is 0.240 e. The van der Waals surface area contributed by atoms with Crippen molar-refractivity contribution in [1.82, 2.24) is 24.9 Å². The minimum atomic E-state index is -3.68. The second-order valence-corrected chi connectivity index (χ2v) is 9.54. The van der Waals surface area contributed by atoms with Gasteiger partial charge in [0.1, 0.15) is 5.75 Å². The lowest BCUT2D eigenvalue weighted by Crippen LogP contribution is -2.41. The number of anilines is 1. The van der Waals surface area contributed by atoms with Crippen molar-refractivity contribution in [1.29, 1.82) is 0 Å². The van der Waals surface area contributed by atoms with Crippen LogP contribution in [0.3, 0.4) is 0 Å². The highest BCUT2D eigenvalue weighted by Crippen LogP contribution is 2.24. The average Bonchev–Trinajstić information content (AvgIpc) is 3.12. The SMILES string of the molecule is CSc1nnnn1-c1cccc(NC(=O)CS(=O)(=O)NC2CCC(C)CC2)c1. The predicted octanol–water partition coefficient (Wildman–Crippen LogP) is 1.82. The van der Waals surface area contributed by atoms with Crippen molar-refractivity contribution in [3.8, 4) is 5.69 Å². The van der Waals surface area contributed by atoms with E-state index in [1.54, 1.807) is 28.9 Å². The van der Waals surface area contributed by atoms with Crippen LogP contribution in [0.2, 0.25) is 0 Å². The van der Waals surface area contributed by atoms with E-state index in [9.17, 15) is 13.2 Å². The van der Waals surface area contributed by atoms with Crippen LogP contribution >= 0.6 is 11.8 Å². The Morgan fingerprint density at radius 3 is 2.75 bits per heavy atom. The molecular weight excluding hydrogens is 400 g/mol. The fourth-order valence-corrected chi connectivity index (χ4v) is 4.90. The highest BCUT2D eigenvalue weighted by molar-refractivity contribution is 7.98. The Kier molecular flexibility index (Phi) is 6.68. The second kappa shape index (κ2) is 9.01. The van der Waals surface area contributed by atoms with Gasteiger partial charge in [-0.25, -0.2) is 13.1 Å². The largest absolute Gasteiger partial charge is 0.325 e. The van der Waals surface area contributed by atoms with Gasteiger partial charge in [-0.2, -0.15) is 4.68 Å². The molecule has 2 N–H and O–H groups in total. The molecule has 1 fully saturated rings. The summed E-state index contributed by atoms with van der Waals surface area (Å²) in [5.41, 5.74) is 1.15. The zero-order chi connectivity index (χ0) is 20.1. The van der Waals surface area contributed by atoms with E-state index in [4.69, 9.17) is 0 Å². The molecule has 1 aromatic carbocycles. The molecule has 1 heterocycles. The summed E-state index contributed by atoms with van der Waals surface area (Å²) < 4.78 is 28.8. The second-order valence-electron chi connectivity index (χ2n) is 7.01. The lowest BCUT2D eigenvalue weighted by molar-refractivity contribution is -0.113. The van der Waals surface area contributed by atoms with Gasteiger partial charge in [0, 0.05) is 11.7 Å². The fraction of sp³-hybridized carbons (Fsp3) is 0.529. The van der Waals surface area contributed by atoms with Crippen LogP contribution in [0.15, 0.2) is 29.4 Å². The van der Waals surface area contributed by atoms with Crippen LogP contribution in [0, 0.1) is 5.92 Å². The summed E-state index contributed by atoms with van der Waals surface area (Å²) >= 11 is 1.39. The number of thioether (sulfide) groups is 1. The molecule has 2 aromatic rings. The molecular formula is C17H24N6O3S2. The Morgan fingerprint density at radius 1 is 1.29 bits per heavy atom. The molecule has 1 saturated carbocycles. The highest BCUT2D eigenvalue weighted by atomic mass is 32.2. The molecule has 0 unspecified atom stereocenters. The van der Waals surface area contributed by atoms with Crippen LogP contribution in [-0.4, -0.2) is 52.6 Å². The smallest absolute Gasteiger partial charge is 0.240 e. The molecule has 0 aliphatic heterocycles. The first-order valence-electron chi connectivity index (χ1n) is 9.09. The third-order valence-electron chi connectivity index (χ3n) is 4.68. The number of carbonyl (C=O) groups excluding carboxylic acids is 1. The van der Waals surface area contributed by atoms with E-state index in [0.29, 0.717) is 22.4 Å². The van der Waals surface area contributed by atoms with E-state index >= 15 is 0 Å². The Hall–Kier alpha value is -1.98. The Balaban J connectivity index is 1.61. The summed E-state index contributed by atoms with van der Waals surface area (Å²) in [4.78, 5) is 12.3. The Labute approximate surface area is 168 Å². The molecule has 0 spiro atoms. The minimum absolute atomic E-state index is 0.0814. The Morgan fingerprint density at radius 2 is 2.04 bits per heavy atom. The van der Waals surface area contributed by atoms with Crippen molar-refractivity contribution in [2.75, 3.05) is 17.3 Å². The molecule has 1 amide bonds. The number of hydrogen-bond acceptors (Lipinski definition) is 7. The summed E-state index contributed by atoms with van der Waals surface area (Å²) in [7, 11) is -3.68. The third-order valence-corrected chi connectivity index (χ3v) is 6.64. The molecule has 1 aromatic heterocycles. The number of nitrogens with zero attached hydrogens (tertiary/aromatic N) is 4. The summed E-state index contributed by atoms with van der Waals surface area (Å²) in [6.45, 7) is 2.17. The zero-order valence-electron chi connectivity index (χ0n) is 15.8. The van der Waals surface area contributed by atoms with E-state index < -0.39 is 21.7 Å². The molecule has 0 saturated heterocycles. The number of benzene rings is 1. The van der Waals surface area contributed by atoms with E-state index in [1.807, 2.05) is 6.26 Å². The van der Waals surface area contributed by atoms with Gasteiger partial charge in [0.25, 0.3) is 0 Å². The van der Waals surface area contributed by atoms with E-state index in [0.717, 1.165) is 25.7 Å². The molecule has 11 heteroatoms. The van der Waals surface area contributed by atoms with Crippen LogP contribution < -0.4 is 10.0 Å². The van der Waals surface area contributed by atoms with Gasteiger partial charge in [0.05, 0.1) is 5.69 Å². The van der Waals surface area contributed by atoms with Crippen molar-refractivity contribution in [2.24, 2.45) is 5.92 Å². The molecule has 28 heavy (non-hydrogen) atoms. The monoisotopic (exact) mass is 424 g/mol. The molecule has 0 radical (unpaired) electrons. The standard InChI is InChI=1S/C17H24N6O3S2/c1-12-6-8-13(9-7-12)20-28(25,26)11-16(24)18-14-4-3-5-15(10-14)23-17(27-2)19-21-22-23/h3-5,10,12-13,20H,6-9,11H2,1-2H3,(H,18,24). The lowest BCUT2D eigenvalue weighted by Gasteiger charge is -2.26. The summed E-state index contributed by atoms with van der Waals surface area (Å²) in [6, 6.07) is 6.84. The Bertz CT molecular complexity index is 922. The van der Waals surface area contributed by atoms with Crippen LogP contribution in [0.1, 0.15) is 32.6 Å². The van der Waals surface area contributed by atoms with Gasteiger partial charge in [-0.15, -0.1) is 5.10 Å². The maximum absolute atomic E-state index is 12.3. The molecule has 1 aliphatic carbocycles. The van der Waals surface area contributed by atoms with Gasteiger partial charge in [-0.3, -0.25) is 4.79 Å². The average molecular weight is 425 g/mol. The molecule has 9 nitrogen and oxygen atoms in total. The number of sulfonamides is 1. The number of nitrogens with one attached hydrogen (secondary N) is 2. The van der Waals surface area contributed by atoms with Gasteiger partial charge in [0.15, 0.2) is 0 Å². The molecule has 1 aliphatic rings. The number of hydrogen-bond donors (Lipinski definition) is 2. The first kappa shape index (κ1) is 20.7. The number of tetrazole rings is 1. The quantitative estimate of drug-likeness (QED) is 0.651. The van der Waals surface area contributed by atoms with Gasteiger partial charge < -0.3 is 5.32 Å². The molecule has 152 valence electrons. The molecule has 0 atom stereocenters. The minimum Gasteiger partial charge on any atom is -0.325 e.